The van der Waals surface area contributed by atoms with Crippen molar-refractivity contribution in [2.45, 2.75) is 39.3 Å². The average Bonchev–Trinajstić information content (AvgIpc) is 3.31. The van der Waals surface area contributed by atoms with Crippen LogP contribution in [0, 0.1) is 6.92 Å². The van der Waals surface area contributed by atoms with Crippen molar-refractivity contribution in [3.8, 4) is 0 Å². The zero-order chi connectivity index (χ0) is 18.2. The fourth-order valence-corrected chi connectivity index (χ4v) is 3.24. The van der Waals surface area contributed by atoms with Crippen LogP contribution in [0.4, 0.5) is 5.69 Å². The summed E-state index contributed by atoms with van der Waals surface area (Å²) in [6.07, 6.45) is 5.92. The lowest BCUT2D eigenvalue weighted by molar-refractivity contribution is 0.581. The molecule has 0 radical (unpaired) electrons. The van der Waals surface area contributed by atoms with Crippen LogP contribution in [0.15, 0.2) is 47.7 Å². The maximum absolute atomic E-state index is 4.72. The van der Waals surface area contributed by atoms with E-state index in [1.807, 2.05) is 23.1 Å². The van der Waals surface area contributed by atoms with Crippen LogP contribution in [-0.4, -0.2) is 48.0 Å². The lowest BCUT2D eigenvalue weighted by atomic mass is 10.2. The van der Waals surface area contributed by atoms with Gasteiger partial charge >= 0.3 is 0 Å². The standard InChI is InChI=1S/C20H30N6/c1-3-21-20(22-11-4-13-26-14-5-12-23-26)24-18-10-15-25(16-18)19-8-6-17(2)7-9-19/h5-9,12,14,18H,3-4,10-11,13,15-16H2,1-2H3,(H2,21,22,24). The number of nitrogens with one attached hydrogen (secondary N) is 2. The first kappa shape index (κ1) is 18.3. The molecular formula is C20H30N6. The molecule has 26 heavy (non-hydrogen) atoms. The van der Waals surface area contributed by atoms with Crippen LogP contribution in [0.5, 0.6) is 0 Å². The van der Waals surface area contributed by atoms with Gasteiger partial charge in [0, 0.05) is 56.8 Å². The number of aromatic nitrogens is 2. The van der Waals surface area contributed by atoms with Crippen LogP contribution >= 0.6 is 0 Å². The third kappa shape index (κ3) is 5.25. The van der Waals surface area contributed by atoms with E-state index in [0.29, 0.717) is 6.04 Å². The number of benzene rings is 1. The van der Waals surface area contributed by atoms with Gasteiger partial charge in [0.05, 0.1) is 0 Å². The van der Waals surface area contributed by atoms with Gasteiger partial charge in [0.25, 0.3) is 0 Å². The van der Waals surface area contributed by atoms with E-state index in [4.69, 9.17) is 4.99 Å². The van der Waals surface area contributed by atoms with Gasteiger partial charge in [0.15, 0.2) is 5.96 Å². The SMILES string of the molecule is CCNC(=NCCCn1cccn1)NC1CCN(c2ccc(C)cc2)C1. The number of aryl methyl sites for hydroxylation is 2. The summed E-state index contributed by atoms with van der Waals surface area (Å²) in [6, 6.07) is 11.2. The fourth-order valence-electron chi connectivity index (χ4n) is 3.24. The maximum atomic E-state index is 4.72. The average molecular weight is 355 g/mol. The topological polar surface area (TPSA) is 57.5 Å². The second-order valence-electron chi connectivity index (χ2n) is 6.79. The molecule has 1 aliphatic rings. The molecule has 1 aromatic carbocycles. The summed E-state index contributed by atoms with van der Waals surface area (Å²) in [7, 11) is 0. The molecule has 0 amide bonds. The highest BCUT2D eigenvalue weighted by Gasteiger charge is 2.23. The van der Waals surface area contributed by atoms with Crippen molar-refractivity contribution in [1.29, 1.82) is 0 Å². The van der Waals surface area contributed by atoms with E-state index >= 15 is 0 Å². The van der Waals surface area contributed by atoms with Gasteiger partial charge in [-0.3, -0.25) is 9.67 Å². The summed E-state index contributed by atoms with van der Waals surface area (Å²) in [5.74, 6) is 0.920. The second-order valence-corrected chi connectivity index (χ2v) is 6.79. The normalized spacial score (nSPS) is 17.5. The Balaban J connectivity index is 1.48. The first-order chi connectivity index (χ1) is 12.7. The second kappa shape index (κ2) is 9.27. The summed E-state index contributed by atoms with van der Waals surface area (Å²) >= 11 is 0. The minimum Gasteiger partial charge on any atom is -0.369 e. The van der Waals surface area contributed by atoms with E-state index in [-0.39, 0.29) is 0 Å². The van der Waals surface area contributed by atoms with Crippen molar-refractivity contribution in [3.05, 3.63) is 48.3 Å². The molecule has 3 rings (SSSR count). The van der Waals surface area contributed by atoms with Crippen LogP contribution in [0.25, 0.3) is 0 Å². The number of anilines is 1. The van der Waals surface area contributed by atoms with E-state index in [2.05, 4.69) is 58.7 Å². The molecule has 0 bridgehead atoms. The van der Waals surface area contributed by atoms with Crippen LogP contribution < -0.4 is 15.5 Å². The van der Waals surface area contributed by atoms with Crippen molar-refractivity contribution < 1.29 is 0 Å². The van der Waals surface area contributed by atoms with Gasteiger partial charge in [0.1, 0.15) is 0 Å². The third-order valence-electron chi connectivity index (χ3n) is 4.65. The Morgan fingerprint density at radius 2 is 2.15 bits per heavy atom. The molecule has 0 aliphatic carbocycles. The van der Waals surface area contributed by atoms with Crippen LogP contribution in [0.1, 0.15) is 25.3 Å². The highest BCUT2D eigenvalue weighted by molar-refractivity contribution is 5.80. The predicted octanol–water partition coefficient (Wildman–Crippen LogP) is 2.42. The molecule has 6 nitrogen and oxygen atoms in total. The molecule has 2 aromatic rings. The minimum absolute atomic E-state index is 0.431. The molecule has 0 spiro atoms. The van der Waals surface area contributed by atoms with E-state index in [9.17, 15) is 0 Å². The zero-order valence-electron chi connectivity index (χ0n) is 15.9. The number of aliphatic imine (C=N–C) groups is 1. The molecule has 2 N–H and O–H groups in total. The number of hydrogen-bond donors (Lipinski definition) is 2. The smallest absolute Gasteiger partial charge is 0.191 e. The summed E-state index contributed by atoms with van der Waals surface area (Å²) in [5, 5.41) is 11.2. The molecule has 2 heterocycles. The van der Waals surface area contributed by atoms with Gasteiger partial charge in [-0.2, -0.15) is 5.10 Å². The lowest BCUT2D eigenvalue weighted by Gasteiger charge is -2.20. The summed E-state index contributed by atoms with van der Waals surface area (Å²) in [4.78, 5) is 7.16. The quantitative estimate of drug-likeness (QED) is 0.455. The van der Waals surface area contributed by atoms with Gasteiger partial charge in [-0.05, 0) is 44.9 Å². The lowest BCUT2D eigenvalue weighted by Crippen LogP contribution is -2.44. The Hall–Kier alpha value is -2.50. The molecule has 6 heteroatoms. The Morgan fingerprint density at radius 1 is 1.31 bits per heavy atom. The van der Waals surface area contributed by atoms with Gasteiger partial charge in [-0.15, -0.1) is 0 Å². The van der Waals surface area contributed by atoms with Crippen molar-refractivity contribution in [2.24, 2.45) is 4.99 Å². The fraction of sp³-hybridized carbons (Fsp3) is 0.500. The Labute approximate surface area is 156 Å². The van der Waals surface area contributed by atoms with Crippen LogP contribution in [0.2, 0.25) is 0 Å². The molecule has 1 atom stereocenters. The third-order valence-corrected chi connectivity index (χ3v) is 4.65. The number of hydrogen-bond acceptors (Lipinski definition) is 3. The summed E-state index contributed by atoms with van der Waals surface area (Å²) < 4.78 is 1.95. The highest BCUT2D eigenvalue weighted by atomic mass is 15.3. The van der Waals surface area contributed by atoms with Gasteiger partial charge in [-0.25, -0.2) is 0 Å². The summed E-state index contributed by atoms with van der Waals surface area (Å²) in [6.45, 7) is 8.90. The minimum atomic E-state index is 0.431. The van der Waals surface area contributed by atoms with Gasteiger partial charge in [-0.1, -0.05) is 17.7 Å². The molecule has 1 aromatic heterocycles. The van der Waals surface area contributed by atoms with Crippen molar-refractivity contribution >= 4 is 11.6 Å². The van der Waals surface area contributed by atoms with Gasteiger partial charge < -0.3 is 15.5 Å². The van der Waals surface area contributed by atoms with E-state index < -0.39 is 0 Å². The maximum Gasteiger partial charge on any atom is 0.191 e. The van der Waals surface area contributed by atoms with Crippen LogP contribution in [0.3, 0.4) is 0 Å². The van der Waals surface area contributed by atoms with Crippen molar-refractivity contribution in [2.75, 3.05) is 31.1 Å². The molecule has 1 unspecified atom stereocenters. The van der Waals surface area contributed by atoms with E-state index in [1.165, 1.54) is 11.3 Å². The molecule has 1 fully saturated rings. The zero-order valence-corrected chi connectivity index (χ0v) is 15.9. The largest absolute Gasteiger partial charge is 0.369 e. The molecule has 1 aliphatic heterocycles. The summed E-state index contributed by atoms with van der Waals surface area (Å²) in [5.41, 5.74) is 2.61. The monoisotopic (exact) mass is 354 g/mol. The Morgan fingerprint density at radius 3 is 2.88 bits per heavy atom. The molecule has 1 saturated heterocycles. The molecular weight excluding hydrogens is 324 g/mol. The number of rotatable bonds is 7. The number of guanidine groups is 1. The van der Waals surface area contributed by atoms with Gasteiger partial charge in [0.2, 0.25) is 0 Å². The predicted molar refractivity (Wildman–Crippen MR) is 108 cm³/mol. The molecule has 0 saturated carbocycles. The highest BCUT2D eigenvalue weighted by Crippen LogP contribution is 2.20. The van der Waals surface area contributed by atoms with Crippen LogP contribution in [-0.2, 0) is 6.54 Å². The van der Waals surface area contributed by atoms with E-state index in [0.717, 1.165) is 51.5 Å². The first-order valence-corrected chi connectivity index (χ1v) is 9.58. The number of nitrogens with zero attached hydrogens (tertiary/aromatic N) is 4. The Kier molecular flexibility index (Phi) is 6.52. The Bertz CT molecular complexity index is 677. The van der Waals surface area contributed by atoms with E-state index in [1.54, 1.807) is 0 Å². The van der Waals surface area contributed by atoms with Crippen molar-refractivity contribution in [1.82, 2.24) is 20.4 Å². The van der Waals surface area contributed by atoms with Crippen molar-refractivity contribution in [3.63, 3.8) is 0 Å². The molecule has 140 valence electrons. The first-order valence-electron chi connectivity index (χ1n) is 9.58.